The lowest BCUT2D eigenvalue weighted by molar-refractivity contribution is -0.121. The molecule has 0 unspecified atom stereocenters. The van der Waals surface area contributed by atoms with E-state index in [1.165, 1.54) is 17.3 Å². The fourth-order valence-electron chi connectivity index (χ4n) is 2.66. The Kier molecular flexibility index (Phi) is 5.64. The summed E-state index contributed by atoms with van der Waals surface area (Å²) < 4.78 is 5.72. The van der Waals surface area contributed by atoms with Crippen LogP contribution in [0.25, 0.3) is 6.08 Å². The number of thioether (sulfide) groups is 1. The Hall–Kier alpha value is -2.31. The molecular weight excluding hydrogens is 364 g/mol. The van der Waals surface area contributed by atoms with E-state index in [4.69, 9.17) is 17.0 Å². The molecule has 1 amide bonds. The Morgan fingerprint density at radius 2 is 1.92 bits per heavy atom. The second-order valence-electron chi connectivity index (χ2n) is 6.04. The first-order valence-corrected chi connectivity index (χ1v) is 9.41. The summed E-state index contributed by atoms with van der Waals surface area (Å²) in [5, 5.41) is 3.30. The topological polar surface area (TPSA) is 41.6 Å². The van der Waals surface area contributed by atoms with Crippen LogP contribution in [0.5, 0.6) is 5.75 Å². The van der Waals surface area contributed by atoms with E-state index in [-0.39, 0.29) is 5.91 Å². The van der Waals surface area contributed by atoms with Gasteiger partial charge in [0.1, 0.15) is 10.1 Å². The van der Waals surface area contributed by atoms with E-state index in [9.17, 15) is 4.79 Å². The molecule has 26 heavy (non-hydrogen) atoms. The minimum Gasteiger partial charge on any atom is -0.497 e. The maximum absolute atomic E-state index is 12.7. The fraction of sp³-hybridized carbons (Fsp3) is 0.200. The van der Waals surface area contributed by atoms with E-state index < -0.39 is 0 Å². The van der Waals surface area contributed by atoms with Gasteiger partial charge in [-0.15, -0.1) is 0 Å². The summed E-state index contributed by atoms with van der Waals surface area (Å²) in [6, 6.07) is 13.7. The van der Waals surface area contributed by atoms with Crippen LogP contribution in [0.3, 0.4) is 0 Å². The highest BCUT2D eigenvalue weighted by Gasteiger charge is 2.31. The summed E-state index contributed by atoms with van der Waals surface area (Å²) in [6.45, 7) is 4.46. The number of nitrogens with one attached hydrogen (secondary N) is 1. The summed E-state index contributed by atoms with van der Waals surface area (Å²) in [7, 11) is 1.63. The van der Waals surface area contributed by atoms with Crippen LogP contribution in [0, 0.1) is 13.8 Å². The Bertz CT molecular complexity index is 876. The van der Waals surface area contributed by atoms with Crippen molar-refractivity contribution in [3.8, 4) is 5.75 Å². The van der Waals surface area contributed by atoms with E-state index in [2.05, 4.69) is 18.3 Å². The van der Waals surface area contributed by atoms with Crippen molar-refractivity contribution in [3.63, 3.8) is 0 Å². The third-order valence-corrected chi connectivity index (χ3v) is 5.47. The van der Waals surface area contributed by atoms with Crippen LogP contribution in [0.4, 0.5) is 5.69 Å². The van der Waals surface area contributed by atoms with Crippen molar-refractivity contribution >= 4 is 46.0 Å². The second kappa shape index (κ2) is 7.93. The molecule has 4 nitrogen and oxygen atoms in total. The standard InChI is InChI=1S/C20H20N2O2S2/c1-13-4-9-17(14(2)10-13)21-12-22-19(23)18(26-20(22)25)11-15-5-7-16(24-3)8-6-15/h4-11,21H,12H2,1-3H3/b18-11+. The molecule has 3 rings (SSSR count). The van der Waals surface area contributed by atoms with Crippen LogP contribution < -0.4 is 10.1 Å². The number of anilines is 1. The molecule has 134 valence electrons. The van der Waals surface area contributed by atoms with Gasteiger partial charge in [-0.1, -0.05) is 53.8 Å². The van der Waals surface area contributed by atoms with E-state index in [1.807, 2.05) is 49.4 Å². The first kappa shape index (κ1) is 18.5. The van der Waals surface area contributed by atoms with Crippen molar-refractivity contribution < 1.29 is 9.53 Å². The maximum Gasteiger partial charge on any atom is 0.267 e. The highest BCUT2D eigenvalue weighted by atomic mass is 32.2. The number of aryl methyl sites for hydroxylation is 2. The van der Waals surface area contributed by atoms with Crippen LogP contribution in [0.15, 0.2) is 47.4 Å². The van der Waals surface area contributed by atoms with Crippen molar-refractivity contribution in [2.24, 2.45) is 0 Å². The maximum atomic E-state index is 12.7. The Balaban J connectivity index is 1.70. The predicted molar refractivity (Wildman–Crippen MR) is 112 cm³/mol. The van der Waals surface area contributed by atoms with Gasteiger partial charge in [-0.25, -0.2) is 0 Å². The molecule has 0 radical (unpaired) electrons. The second-order valence-corrected chi connectivity index (χ2v) is 7.71. The highest BCUT2D eigenvalue weighted by molar-refractivity contribution is 8.26. The number of carbonyl (C=O) groups excluding carboxylic acids is 1. The Labute approximate surface area is 163 Å². The minimum absolute atomic E-state index is 0.0758. The molecule has 0 bridgehead atoms. The molecule has 2 aromatic rings. The number of carbonyl (C=O) groups is 1. The third-order valence-electron chi connectivity index (χ3n) is 4.10. The number of ether oxygens (including phenoxy) is 1. The van der Waals surface area contributed by atoms with Gasteiger partial charge in [0.2, 0.25) is 0 Å². The first-order chi connectivity index (χ1) is 12.5. The number of rotatable bonds is 5. The number of hydrogen-bond acceptors (Lipinski definition) is 5. The highest BCUT2D eigenvalue weighted by Crippen LogP contribution is 2.32. The summed E-state index contributed by atoms with van der Waals surface area (Å²) >= 11 is 6.71. The van der Waals surface area contributed by atoms with Crippen LogP contribution >= 0.6 is 24.0 Å². The summed E-state index contributed by atoms with van der Waals surface area (Å²) in [5.41, 5.74) is 4.29. The summed E-state index contributed by atoms with van der Waals surface area (Å²) in [4.78, 5) is 14.9. The zero-order chi connectivity index (χ0) is 18.7. The summed E-state index contributed by atoms with van der Waals surface area (Å²) in [5.74, 6) is 0.709. The van der Waals surface area contributed by atoms with Crippen molar-refractivity contribution in [1.29, 1.82) is 0 Å². The molecule has 2 aromatic carbocycles. The molecule has 0 aliphatic carbocycles. The molecule has 1 saturated heterocycles. The molecule has 0 saturated carbocycles. The van der Waals surface area contributed by atoms with Gasteiger partial charge in [0.15, 0.2) is 0 Å². The molecule has 6 heteroatoms. The van der Waals surface area contributed by atoms with Gasteiger partial charge >= 0.3 is 0 Å². The van der Waals surface area contributed by atoms with Gasteiger partial charge in [0.05, 0.1) is 18.7 Å². The minimum atomic E-state index is -0.0758. The Morgan fingerprint density at radius 1 is 1.19 bits per heavy atom. The largest absolute Gasteiger partial charge is 0.497 e. The average molecular weight is 385 g/mol. The van der Waals surface area contributed by atoms with E-state index >= 15 is 0 Å². The number of thiocarbonyl (C=S) groups is 1. The smallest absolute Gasteiger partial charge is 0.267 e. The number of amides is 1. The van der Waals surface area contributed by atoms with Gasteiger partial charge in [-0.2, -0.15) is 0 Å². The lowest BCUT2D eigenvalue weighted by Crippen LogP contribution is -2.33. The van der Waals surface area contributed by atoms with Crippen LogP contribution in [0.1, 0.15) is 16.7 Å². The third kappa shape index (κ3) is 4.08. The van der Waals surface area contributed by atoms with Crippen molar-refractivity contribution in [1.82, 2.24) is 4.90 Å². The van der Waals surface area contributed by atoms with Gasteiger partial charge < -0.3 is 10.1 Å². The lowest BCUT2D eigenvalue weighted by Gasteiger charge is -2.17. The van der Waals surface area contributed by atoms with Gasteiger partial charge in [-0.3, -0.25) is 9.69 Å². The van der Waals surface area contributed by atoms with E-state index in [1.54, 1.807) is 12.0 Å². The van der Waals surface area contributed by atoms with Crippen molar-refractivity contribution in [2.75, 3.05) is 19.1 Å². The van der Waals surface area contributed by atoms with Crippen molar-refractivity contribution in [3.05, 3.63) is 64.1 Å². The number of nitrogens with zero attached hydrogens (tertiary/aromatic N) is 1. The van der Waals surface area contributed by atoms with E-state index in [0.29, 0.717) is 15.9 Å². The molecule has 1 aliphatic heterocycles. The van der Waals surface area contributed by atoms with Gasteiger partial charge in [0, 0.05) is 5.69 Å². The number of benzene rings is 2. The zero-order valence-corrected chi connectivity index (χ0v) is 16.5. The first-order valence-electron chi connectivity index (χ1n) is 8.18. The Morgan fingerprint density at radius 3 is 2.58 bits per heavy atom. The molecule has 0 spiro atoms. The van der Waals surface area contributed by atoms with Crippen LogP contribution in [-0.4, -0.2) is 28.9 Å². The SMILES string of the molecule is COc1ccc(/C=C2/SC(=S)N(CNc3ccc(C)cc3C)C2=O)cc1. The predicted octanol–water partition coefficient (Wildman–Crippen LogP) is 4.58. The molecule has 0 aromatic heterocycles. The molecule has 1 N–H and O–H groups in total. The molecular formula is C20H20N2O2S2. The molecule has 1 fully saturated rings. The number of methoxy groups -OCH3 is 1. The molecule has 1 heterocycles. The molecule has 0 atom stereocenters. The normalized spacial score (nSPS) is 15.7. The number of hydrogen-bond donors (Lipinski definition) is 1. The quantitative estimate of drug-likeness (QED) is 0.603. The van der Waals surface area contributed by atoms with Crippen molar-refractivity contribution in [2.45, 2.75) is 13.8 Å². The summed E-state index contributed by atoms with van der Waals surface area (Å²) in [6.07, 6.45) is 1.86. The average Bonchev–Trinajstić information content (AvgIpc) is 2.88. The molecule has 1 aliphatic rings. The lowest BCUT2D eigenvalue weighted by atomic mass is 10.1. The van der Waals surface area contributed by atoms with Gasteiger partial charge in [-0.05, 0) is 49.2 Å². The monoisotopic (exact) mass is 384 g/mol. The van der Waals surface area contributed by atoms with Crippen LogP contribution in [-0.2, 0) is 4.79 Å². The van der Waals surface area contributed by atoms with Crippen LogP contribution in [0.2, 0.25) is 0 Å². The zero-order valence-electron chi connectivity index (χ0n) is 14.9. The fourth-order valence-corrected chi connectivity index (χ4v) is 3.92. The van der Waals surface area contributed by atoms with E-state index in [0.717, 1.165) is 22.6 Å². The van der Waals surface area contributed by atoms with Gasteiger partial charge in [0.25, 0.3) is 5.91 Å².